The Labute approximate surface area is 149 Å². The molecule has 0 radical (unpaired) electrons. The number of anilines is 1. The molecule has 0 fully saturated rings. The second-order valence-corrected chi connectivity index (χ2v) is 6.14. The summed E-state index contributed by atoms with van der Waals surface area (Å²) in [5.74, 6) is -3.54. The molecule has 0 spiro atoms. The molecule has 2 amide bonds. The van der Waals surface area contributed by atoms with E-state index in [1.54, 1.807) is 0 Å². The van der Waals surface area contributed by atoms with Crippen molar-refractivity contribution in [3.05, 3.63) is 54.6 Å². The molecule has 1 aromatic carbocycles. The Balaban J connectivity index is 2.39. The van der Waals surface area contributed by atoms with Crippen LogP contribution in [0.2, 0.25) is 0 Å². The Morgan fingerprint density at radius 1 is 1.08 bits per heavy atom. The van der Waals surface area contributed by atoms with Gasteiger partial charge in [-0.1, -0.05) is 0 Å². The molecule has 0 saturated heterocycles. The number of hydrogen-bond donors (Lipinski definition) is 2. The monoisotopic (exact) mass is 467 g/mol. The van der Waals surface area contributed by atoms with E-state index in [2.05, 4.69) is 0 Å². The normalized spacial score (nSPS) is 13.8. The molecule has 3 N–H and O–H groups in total. The molecule has 0 unspecified atom stereocenters. The first-order chi connectivity index (χ1) is 11.5. The zero-order valence-corrected chi connectivity index (χ0v) is 14.0. The molecule has 2 heterocycles. The maximum atomic E-state index is 13.7. The van der Waals surface area contributed by atoms with Crippen LogP contribution in [0.5, 0.6) is 0 Å². The molecule has 1 aliphatic heterocycles. The molecule has 1 aliphatic rings. The van der Waals surface area contributed by atoms with E-state index in [1.807, 2.05) is 5.32 Å². The van der Waals surface area contributed by atoms with Gasteiger partial charge in [0.25, 0.3) is 17.4 Å². The minimum atomic E-state index is -4.87. The molecule has 130 valence electrons. The van der Waals surface area contributed by atoms with Crippen LogP contribution < -0.4 is 16.6 Å². The van der Waals surface area contributed by atoms with Crippen LogP contribution in [0.4, 0.5) is 23.4 Å². The number of halogens is 5. The zero-order valence-electron chi connectivity index (χ0n) is 11.9. The van der Waals surface area contributed by atoms with Gasteiger partial charge >= 0.3 is 6.18 Å². The van der Waals surface area contributed by atoms with Crippen LogP contribution in [0.25, 0.3) is 5.69 Å². The van der Waals surface area contributed by atoms with Crippen LogP contribution in [0.3, 0.4) is 0 Å². The summed E-state index contributed by atoms with van der Waals surface area (Å²) in [7, 11) is 0. The minimum Gasteiger partial charge on any atom is -0.384 e. The number of fused-ring (bicyclic) bond motifs is 1. The van der Waals surface area contributed by atoms with Gasteiger partial charge < -0.3 is 5.73 Å². The van der Waals surface area contributed by atoms with E-state index in [0.717, 1.165) is 6.07 Å². The lowest BCUT2D eigenvalue weighted by atomic mass is 10.1. The van der Waals surface area contributed by atoms with Crippen molar-refractivity contribution in [3.63, 3.8) is 0 Å². The van der Waals surface area contributed by atoms with Gasteiger partial charge in [0.1, 0.15) is 11.6 Å². The Morgan fingerprint density at radius 2 is 1.72 bits per heavy atom. The molecule has 0 atom stereocenters. The van der Waals surface area contributed by atoms with E-state index in [0.29, 0.717) is 10.6 Å². The van der Waals surface area contributed by atoms with E-state index in [1.165, 1.54) is 22.6 Å². The fourth-order valence-corrected chi connectivity index (χ4v) is 3.33. The van der Waals surface area contributed by atoms with Crippen LogP contribution in [0, 0.1) is 9.39 Å². The number of carbonyl (C=O) groups is 2. The summed E-state index contributed by atoms with van der Waals surface area (Å²) in [5.41, 5.74) is 2.35. The number of amides is 2. The third-order valence-electron chi connectivity index (χ3n) is 3.52. The topological polar surface area (TPSA) is 94.2 Å². The molecule has 0 saturated carbocycles. The van der Waals surface area contributed by atoms with Crippen molar-refractivity contribution >= 4 is 40.2 Å². The lowest BCUT2D eigenvalue weighted by Gasteiger charge is -2.17. The quantitative estimate of drug-likeness (QED) is 0.382. The number of hydrogen-bond acceptors (Lipinski definition) is 4. The number of nitrogens with zero attached hydrogens (tertiary/aromatic N) is 1. The number of carbonyl (C=O) groups excluding carboxylic acids is 2. The molecular weight excluding hydrogens is 461 g/mol. The van der Waals surface area contributed by atoms with Crippen molar-refractivity contribution in [3.8, 4) is 5.69 Å². The van der Waals surface area contributed by atoms with E-state index < -0.39 is 50.0 Å². The number of pyridine rings is 1. The molecule has 0 aliphatic carbocycles. The van der Waals surface area contributed by atoms with Gasteiger partial charge in [-0.25, -0.2) is 4.39 Å². The minimum absolute atomic E-state index is 0.286. The first-order valence-electron chi connectivity index (χ1n) is 6.50. The van der Waals surface area contributed by atoms with Crippen molar-refractivity contribution in [1.29, 1.82) is 0 Å². The van der Waals surface area contributed by atoms with Crippen LogP contribution in [0.15, 0.2) is 23.0 Å². The third kappa shape index (κ3) is 2.67. The van der Waals surface area contributed by atoms with E-state index in [4.69, 9.17) is 5.73 Å². The highest BCUT2D eigenvalue weighted by Gasteiger charge is 2.36. The number of aromatic nitrogens is 1. The van der Waals surface area contributed by atoms with Gasteiger partial charge in [-0.15, -0.1) is 0 Å². The summed E-state index contributed by atoms with van der Waals surface area (Å²) in [5, 5.41) is 1.92. The van der Waals surface area contributed by atoms with Crippen molar-refractivity contribution in [2.75, 3.05) is 5.73 Å². The Bertz CT molecular complexity index is 1010. The lowest BCUT2D eigenvalue weighted by molar-refractivity contribution is -0.138. The van der Waals surface area contributed by atoms with Gasteiger partial charge in [-0.2, -0.15) is 13.2 Å². The van der Waals surface area contributed by atoms with Gasteiger partial charge in [0.2, 0.25) is 0 Å². The highest BCUT2D eigenvalue weighted by Crippen LogP contribution is 2.36. The predicted octanol–water partition coefficient (Wildman–Crippen LogP) is 2.07. The van der Waals surface area contributed by atoms with Crippen molar-refractivity contribution in [2.24, 2.45) is 0 Å². The SMILES string of the molecule is Nc1c2c(cc(=O)n1-c1cc(F)cc(C(F)(F)F)c1I)C(=O)NC2=O. The van der Waals surface area contributed by atoms with Gasteiger partial charge in [0, 0.05) is 9.64 Å². The number of nitrogens with two attached hydrogens (primary N) is 1. The molecule has 3 rings (SSSR count). The summed E-state index contributed by atoms with van der Waals surface area (Å²) < 4.78 is 53.0. The number of benzene rings is 1. The fraction of sp³-hybridized carbons (Fsp3) is 0.0714. The summed E-state index contributed by atoms with van der Waals surface area (Å²) in [4.78, 5) is 35.6. The maximum Gasteiger partial charge on any atom is 0.417 e. The third-order valence-corrected chi connectivity index (χ3v) is 4.65. The summed E-state index contributed by atoms with van der Waals surface area (Å²) in [6.45, 7) is 0. The number of alkyl halides is 3. The highest BCUT2D eigenvalue weighted by molar-refractivity contribution is 14.1. The van der Waals surface area contributed by atoms with Crippen molar-refractivity contribution in [2.45, 2.75) is 6.18 Å². The number of rotatable bonds is 1. The number of imide groups is 1. The molecule has 1 aromatic heterocycles. The fourth-order valence-electron chi connectivity index (χ4n) is 2.47. The Morgan fingerprint density at radius 3 is 2.32 bits per heavy atom. The summed E-state index contributed by atoms with van der Waals surface area (Å²) >= 11 is 1.31. The second kappa shape index (κ2) is 5.54. The number of nitrogen functional groups attached to an aromatic ring is 1. The maximum absolute atomic E-state index is 13.7. The van der Waals surface area contributed by atoms with Crippen LogP contribution in [0.1, 0.15) is 26.3 Å². The van der Waals surface area contributed by atoms with Gasteiger partial charge in [-0.05, 0) is 34.7 Å². The molecular formula is C14H6F4IN3O3. The highest BCUT2D eigenvalue weighted by atomic mass is 127. The van der Waals surface area contributed by atoms with Gasteiger partial charge in [-0.3, -0.25) is 24.3 Å². The van der Waals surface area contributed by atoms with Crippen molar-refractivity contribution < 1.29 is 27.2 Å². The van der Waals surface area contributed by atoms with Crippen LogP contribution in [-0.2, 0) is 6.18 Å². The standard InChI is InChI=1S/C14H6F4IN3O3/c15-4-1-6(14(16,17)18)10(19)7(2-4)22-8(23)3-5-9(11(22)20)13(25)21-12(5)24/h1-3H,20H2,(H,21,24,25). The average Bonchev–Trinajstić information content (AvgIpc) is 2.75. The smallest absolute Gasteiger partial charge is 0.384 e. The molecule has 11 heteroatoms. The van der Waals surface area contributed by atoms with E-state index >= 15 is 0 Å². The largest absolute Gasteiger partial charge is 0.417 e. The van der Waals surface area contributed by atoms with Crippen LogP contribution >= 0.6 is 22.6 Å². The predicted molar refractivity (Wildman–Crippen MR) is 85.9 cm³/mol. The van der Waals surface area contributed by atoms with Gasteiger partial charge in [0.15, 0.2) is 0 Å². The molecule has 25 heavy (non-hydrogen) atoms. The van der Waals surface area contributed by atoms with Gasteiger partial charge in [0.05, 0.1) is 22.4 Å². The first-order valence-corrected chi connectivity index (χ1v) is 7.58. The summed E-state index contributed by atoms with van der Waals surface area (Å²) in [6.07, 6.45) is -4.87. The first kappa shape index (κ1) is 17.4. The average molecular weight is 467 g/mol. The lowest BCUT2D eigenvalue weighted by Crippen LogP contribution is -2.25. The number of nitrogens with one attached hydrogen (secondary N) is 1. The van der Waals surface area contributed by atoms with Crippen molar-refractivity contribution in [1.82, 2.24) is 9.88 Å². The summed E-state index contributed by atoms with van der Waals surface area (Å²) in [6, 6.07) is 1.74. The van der Waals surface area contributed by atoms with E-state index in [9.17, 15) is 31.9 Å². The van der Waals surface area contributed by atoms with Crippen LogP contribution in [-0.4, -0.2) is 16.4 Å². The molecule has 0 bridgehead atoms. The second-order valence-electron chi connectivity index (χ2n) is 5.06. The molecule has 6 nitrogen and oxygen atoms in total. The zero-order chi connectivity index (χ0) is 18.7. The Kier molecular flexibility index (Phi) is 3.85. The Hall–Kier alpha value is -2.44. The van der Waals surface area contributed by atoms with E-state index in [-0.39, 0.29) is 17.2 Å². The molecule has 2 aromatic rings.